The Balaban J connectivity index is 1.85. The predicted molar refractivity (Wildman–Crippen MR) is 103 cm³/mol. The highest BCUT2D eigenvalue weighted by Crippen LogP contribution is 2.31. The van der Waals surface area contributed by atoms with Crippen LogP contribution in [-0.4, -0.2) is 44.2 Å². The fourth-order valence-corrected chi connectivity index (χ4v) is 3.62. The number of benzene rings is 1. The van der Waals surface area contributed by atoms with Crippen molar-refractivity contribution in [2.75, 3.05) is 12.4 Å². The van der Waals surface area contributed by atoms with Crippen molar-refractivity contribution in [3.05, 3.63) is 52.8 Å². The van der Waals surface area contributed by atoms with Gasteiger partial charge in [0.25, 0.3) is 5.91 Å². The molecule has 10 heteroatoms. The molecule has 28 heavy (non-hydrogen) atoms. The molecule has 0 saturated carbocycles. The molecule has 2 heterocycles. The molecule has 0 fully saturated rings. The minimum atomic E-state index is -0.662. The van der Waals surface area contributed by atoms with Gasteiger partial charge < -0.3 is 10.1 Å². The average Bonchev–Trinajstić information content (AvgIpc) is 3.36. The lowest BCUT2D eigenvalue weighted by Gasteiger charge is -2.15. The van der Waals surface area contributed by atoms with Crippen molar-refractivity contribution in [1.82, 2.24) is 25.2 Å². The minimum Gasteiger partial charge on any atom is -0.464 e. The summed E-state index contributed by atoms with van der Waals surface area (Å²) in [5.74, 6) is -0.782. The van der Waals surface area contributed by atoms with Gasteiger partial charge in [-0.2, -0.15) is 0 Å². The van der Waals surface area contributed by atoms with E-state index in [1.165, 1.54) is 29.5 Å². The van der Waals surface area contributed by atoms with E-state index < -0.39 is 12.0 Å². The Kier molecular flexibility index (Phi) is 6.09. The van der Waals surface area contributed by atoms with Crippen molar-refractivity contribution >= 4 is 28.3 Å². The highest BCUT2D eigenvalue weighted by atomic mass is 32.1. The number of anilines is 1. The SMILES string of the molecule is COC(=O)c1nc(NC(=O)C(Cc2ccccc2)n2cnnn2)sc1C(C)C. The predicted octanol–water partition coefficient (Wildman–Crippen LogP) is 2.46. The van der Waals surface area contributed by atoms with E-state index in [0.29, 0.717) is 11.6 Å². The van der Waals surface area contributed by atoms with Crippen LogP contribution in [0.3, 0.4) is 0 Å². The molecule has 0 saturated heterocycles. The lowest BCUT2D eigenvalue weighted by Crippen LogP contribution is -2.28. The number of tetrazole rings is 1. The normalized spacial score (nSPS) is 12.0. The molecule has 1 amide bonds. The number of nitrogens with one attached hydrogen (secondary N) is 1. The van der Waals surface area contributed by atoms with E-state index >= 15 is 0 Å². The summed E-state index contributed by atoms with van der Waals surface area (Å²) in [5.41, 5.74) is 1.19. The first-order chi connectivity index (χ1) is 13.5. The summed E-state index contributed by atoms with van der Waals surface area (Å²) in [4.78, 5) is 30.0. The zero-order valence-corrected chi connectivity index (χ0v) is 16.5. The van der Waals surface area contributed by atoms with Gasteiger partial charge in [0, 0.05) is 11.3 Å². The molecule has 0 spiro atoms. The maximum atomic E-state index is 13.0. The van der Waals surface area contributed by atoms with E-state index in [-0.39, 0.29) is 17.5 Å². The van der Waals surface area contributed by atoms with E-state index in [4.69, 9.17) is 4.74 Å². The van der Waals surface area contributed by atoms with Crippen molar-refractivity contribution < 1.29 is 14.3 Å². The van der Waals surface area contributed by atoms with Crippen LogP contribution < -0.4 is 5.32 Å². The van der Waals surface area contributed by atoms with Crippen molar-refractivity contribution in [3.63, 3.8) is 0 Å². The first kappa shape index (κ1) is 19.6. The molecule has 1 unspecified atom stereocenters. The number of nitrogens with zero attached hydrogens (tertiary/aromatic N) is 5. The van der Waals surface area contributed by atoms with Crippen LogP contribution in [0.25, 0.3) is 0 Å². The first-order valence-electron chi connectivity index (χ1n) is 8.66. The number of aromatic nitrogens is 5. The molecule has 1 atom stereocenters. The molecule has 2 aromatic heterocycles. The quantitative estimate of drug-likeness (QED) is 0.606. The number of hydrogen-bond donors (Lipinski definition) is 1. The van der Waals surface area contributed by atoms with Crippen LogP contribution >= 0.6 is 11.3 Å². The summed E-state index contributed by atoms with van der Waals surface area (Å²) < 4.78 is 6.20. The standard InChI is InChI=1S/C18H20N6O3S/c1-11(2)15-14(17(26)27-3)20-18(28-15)21-16(25)13(24-10-19-22-23-24)9-12-7-5-4-6-8-12/h4-8,10-11,13H,9H2,1-3H3,(H,20,21,25). The van der Waals surface area contributed by atoms with Gasteiger partial charge in [0.05, 0.1) is 7.11 Å². The number of hydrogen-bond acceptors (Lipinski definition) is 8. The first-order valence-corrected chi connectivity index (χ1v) is 9.47. The molecule has 0 aliphatic carbocycles. The van der Waals surface area contributed by atoms with E-state index in [0.717, 1.165) is 10.4 Å². The Hall–Kier alpha value is -3.14. The zero-order chi connectivity index (χ0) is 20.1. The summed E-state index contributed by atoms with van der Waals surface area (Å²) in [6.07, 6.45) is 1.80. The molecular formula is C18H20N6O3S. The molecule has 1 N–H and O–H groups in total. The summed E-state index contributed by atoms with van der Waals surface area (Å²) in [6.45, 7) is 3.90. The topological polar surface area (TPSA) is 112 Å². The van der Waals surface area contributed by atoms with E-state index in [9.17, 15) is 9.59 Å². The molecule has 9 nitrogen and oxygen atoms in total. The largest absolute Gasteiger partial charge is 0.464 e. The van der Waals surface area contributed by atoms with Gasteiger partial charge in [-0.15, -0.1) is 16.4 Å². The molecule has 3 rings (SSSR count). The van der Waals surface area contributed by atoms with Crippen LogP contribution in [0, 0.1) is 0 Å². The molecular weight excluding hydrogens is 380 g/mol. The van der Waals surface area contributed by atoms with Gasteiger partial charge in [-0.25, -0.2) is 14.5 Å². The summed E-state index contributed by atoms with van der Waals surface area (Å²) >= 11 is 1.26. The van der Waals surface area contributed by atoms with Crippen LogP contribution in [-0.2, 0) is 16.0 Å². The number of carbonyl (C=O) groups is 2. The van der Waals surface area contributed by atoms with Crippen LogP contribution in [0.2, 0.25) is 0 Å². The molecule has 0 aliphatic rings. The lowest BCUT2D eigenvalue weighted by atomic mass is 10.1. The van der Waals surface area contributed by atoms with Gasteiger partial charge in [-0.3, -0.25) is 4.79 Å². The van der Waals surface area contributed by atoms with Gasteiger partial charge in [0.2, 0.25) is 0 Å². The molecule has 1 aromatic carbocycles. The third-order valence-corrected chi connectivity index (χ3v) is 5.32. The monoisotopic (exact) mass is 400 g/mol. The van der Waals surface area contributed by atoms with E-state index in [1.807, 2.05) is 44.2 Å². The van der Waals surface area contributed by atoms with Crippen LogP contribution in [0.4, 0.5) is 5.13 Å². The summed E-state index contributed by atoms with van der Waals surface area (Å²) in [5, 5.41) is 14.3. The third-order valence-electron chi connectivity index (χ3n) is 4.05. The van der Waals surface area contributed by atoms with Gasteiger partial charge in [-0.05, 0) is 21.9 Å². The van der Waals surface area contributed by atoms with Gasteiger partial charge in [-0.1, -0.05) is 44.2 Å². The molecule has 0 radical (unpaired) electrons. The number of amides is 1. The maximum absolute atomic E-state index is 13.0. The number of rotatable bonds is 7. The number of carbonyl (C=O) groups excluding carboxylic acids is 2. The molecule has 0 aliphatic heterocycles. The fraction of sp³-hybridized carbons (Fsp3) is 0.333. The average molecular weight is 400 g/mol. The second kappa shape index (κ2) is 8.70. The van der Waals surface area contributed by atoms with Gasteiger partial charge in [0.15, 0.2) is 10.8 Å². The second-order valence-electron chi connectivity index (χ2n) is 6.36. The second-order valence-corrected chi connectivity index (χ2v) is 7.39. The Bertz CT molecular complexity index is 940. The van der Waals surface area contributed by atoms with E-state index in [1.54, 1.807) is 0 Å². The number of methoxy groups -OCH3 is 1. The van der Waals surface area contributed by atoms with Crippen molar-refractivity contribution in [3.8, 4) is 0 Å². The Morgan fingerprint density at radius 2 is 2.00 bits per heavy atom. The number of thiazole rings is 1. The molecule has 0 bridgehead atoms. The number of ether oxygens (including phenoxy) is 1. The zero-order valence-electron chi connectivity index (χ0n) is 15.7. The van der Waals surface area contributed by atoms with E-state index in [2.05, 4.69) is 25.8 Å². The van der Waals surface area contributed by atoms with Crippen molar-refractivity contribution in [2.24, 2.45) is 0 Å². The molecule has 146 valence electrons. The Labute approximate surface area is 165 Å². The summed E-state index contributed by atoms with van der Waals surface area (Å²) in [7, 11) is 1.30. The summed E-state index contributed by atoms with van der Waals surface area (Å²) in [6, 6.07) is 8.92. The third kappa shape index (κ3) is 4.39. The fourth-order valence-electron chi connectivity index (χ4n) is 2.66. The highest BCUT2D eigenvalue weighted by molar-refractivity contribution is 7.16. The Morgan fingerprint density at radius 3 is 2.61 bits per heavy atom. The van der Waals surface area contributed by atoms with Crippen molar-refractivity contribution in [2.45, 2.75) is 32.2 Å². The smallest absolute Gasteiger partial charge is 0.357 e. The van der Waals surface area contributed by atoms with Crippen LogP contribution in [0.5, 0.6) is 0 Å². The molecule has 3 aromatic rings. The number of esters is 1. The van der Waals surface area contributed by atoms with Gasteiger partial charge in [0.1, 0.15) is 12.4 Å². The maximum Gasteiger partial charge on any atom is 0.357 e. The van der Waals surface area contributed by atoms with Crippen LogP contribution in [0.1, 0.15) is 46.7 Å². The van der Waals surface area contributed by atoms with Gasteiger partial charge >= 0.3 is 5.97 Å². The Morgan fingerprint density at radius 1 is 1.25 bits per heavy atom. The lowest BCUT2D eigenvalue weighted by molar-refractivity contribution is -0.119. The van der Waals surface area contributed by atoms with Crippen molar-refractivity contribution in [1.29, 1.82) is 0 Å². The highest BCUT2D eigenvalue weighted by Gasteiger charge is 2.26. The minimum absolute atomic E-state index is 0.0666. The van der Waals surface area contributed by atoms with Crippen LogP contribution in [0.15, 0.2) is 36.7 Å².